The Morgan fingerprint density at radius 3 is 2.68 bits per heavy atom. The average molecular weight is 251 g/mol. The van der Waals surface area contributed by atoms with Gasteiger partial charge in [0.15, 0.2) is 0 Å². The van der Waals surface area contributed by atoms with E-state index in [2.05, 4.69) is 49.4 Å². The number of hydrogen-bond donors (Lipinski definition) is 0. The predicted molar refractivity (Wildman–Crippen MR) is 82.4 cm³/mol. The second kappa shape index (κ2) is 5.56. The van der Waals surface area contributed by atoms with Crippen molar-refractivity contribution in [2.75, 3.05) is 6.54 Å². The van der Waals surface area contributed by atoms with Crippen LogP contribution in [-0.4, -0.2) is 12.3 Å². The lowest BCUT2D eigenvalue weighted by atomic mass is 9.87. The number of dihydropyridines is 1. The fourth-order valence-electron chi connectivity index (χ4n) is 2.93. The zero-order valence-electron chi connectivity index (χ0n) is 11.6. The zero-order valence-corrected chi connectivity index (χ0v) is 11.6. The van der Waals surface area contributed by atoms with Gasteiger partial charge in [-0.1, -0.05) is 43.3 Å². The molecule has 0 saturated heterocycles. The van der Waals surface area contributed by atoms with E-state index >= 15 is 0 Å². The highest BCUT2D eigenvalue weighted by molar-refractivity contribution is 6.13. The molecule has 0 fully saturated rings. The molecule has 2 aliphatic rings. The topological polar surface area (TPSA) is 12.4 Å². The summed E-state index contributed by atoms with van der Waals surface area (Å²) in [5, 5.41) is 0. The van der Waals surface area contributed by atoms with Crippen molar-refractivity contribution in [2.24, 2.45) is 10.9 Å². The van der Waals surface area contributed by atoms with Gasteiger partial charge in [0.25, 0.3) is 0 Å². The van der Waals surface area contributed by atoms with Crippen LogP contribution in [0.5, 0.6) is 0 Å². The minimum Gasteiger partial charge on any atom is -0.284 e. The molecule has 0 aromatic heterocycles. The third-order valence-corrected chi connectivity index (χ3v) is 4.09. The van der Waals surface area contributed by atoms with E-state index in [-0.39, 0.29) is 0 Å². The Labute approximate surface area is 115 Å². The normalized spacial score (nSPS) is 23.4. The van der Waals surface area contributed by atoms with Crippen LogP contribution in [0.25, 0.3) is 5.57 Å². The summed E-state index contributed by atoms with van der Waals surface area (Å²) in [6, 6.07) is 10.7. The second-order valence-corrected chi connectivity index (χ2v) is 5.57. The van der Waals surface area contributed by atoms with Crippen LogP contribution in [0.3, 0.4) is 0 Å². The summed E-state index contributed by atoms with van der Waals surface area (Å²) >= 11 is 0. The molecule has 0 spiro atoms. The van der Waals surface area contributed by atoms with Gasteiger partial charge in [-0.05, 0) is 48.5 Å². The Bertz CT molecular complexity index is 534. The van der Waals surface area contributed by atoms with Crippen molar-refractivity contribution in [1.82, 2.24) is 0 Å². The SMILES string of the molecule is CC1CN=C(C2=CCCCC2)C=C1c1ccccc1. The first-order valence-corrected chi connectivity index (χ1v) is 7.35. The maximum absolute atomic E-state index is 4.78. The van der Waals surface area contributed by atoms with Gasteiger partial charge in [-0.3, -0.25) is 4.99 Å². The first-order valence-electron chi connectivity index (χ1n) is 7.35. The van der Waals surface area contributed by atoms with E-state index in [1.807, 2.05) is 0 Å². The van der Waals surface area contributed by atoms with Gasteiger partial charge in [-0.25, -0.2) is 0 Å². The van der Waals surface area contributed by atoms with E-state index in [9.17, 15) is 0 Å². The lowest BCUT2D eigenvalue weighted by Gasteiger charge is -2.22. The summed E-state index contributed by atoms with van der Waals surface area (Å²) < 4.78 is 0. The largest absolute Gasteiger partial charge is 0.284 e. The van der Waals surface area contributed by atoms with Gasteiger partial charge < -0.3 is 0 Å². The van der Waals surface area contributed by atoms with Crippen LogP contribution < -0.4 is 0 Å². The Hall–Kier alpha value is -1.63. The molecule has 0 amide bonds. The number of aliphatic imine (C=N–C) groups is 1. The van der Waals surface area contributed by atoms with Crippen molar-refractivity contribution >= 4 is 11.3 Å². The van der Waals surface area contributed by atoms with Crippen LogP contribution in [-0.2, 0) is 0 Å². The maximum atomic E-state index is 4.78. The molecule has 0 radical (unpaired) electrons. The summed E-state index contributed by atoms with van der Waals surface area (Å²) in [6.45, 7) is 3.20. The third-order valence-electron chi connectivity index (χ3n) is 4.09. The molecule has 1 unspecified atom stereocenters. The van der Waals surface area contributed by atoms with Crippen LogP contribution in [0.2, 0.25) is 0 Å². The molecule has 1 aliphatic carbocycles. The van der Waals surface area contributed by atoms with Crippen molar-refractivity contribution in [2.45, 2.75) is 32.6 Å². The number of hydrogen-bond acceptors (Lipinski definition) is 1. The molecule has 1 atom stereocenters. The minimum atomic E-state index is 0.523. The molecule has 0 saturated carbocycles. The number of rotatable bonds is 2. The first-order chi connectivity index (χ1) is 9.34. The van der Waals surface area contributed by atoms with Crippen molar-refractivity contribution in [3.63, 3.8) is 0 Å². The van der Waals surface area contributed by atoms with Gasteiger partial charge in [-0.2, -0.15) is 0 Å². The molecule has 1 heterocycles. The van der Waals surface area contributed by atoms with E-state index in [0.717, 1.165) is 6.54 Å². The van der Waals surface area contributed by atoms with E-state index in [1.54, 1.807) is 0 Å². The van der Waals surface area contributed by atoms with E-state index in [0.29, 0.717) is 5.92 Å². The minimum absolute atomic E-state index is 0.523. The molecule has 1 nitrogen and oxygen atoms in total. The number of nitrogens with zero attached hydrogens (tertiary/aromatic N) is 1. The van der Waals surface area contributed by atoms with Crippen LogP contribution in [0.4, 0.5) is 0 Å². The Balaban J connectivity index is 1.92. The average Bonchev–Trinajstić information content (AvgIpc) is 2.49. The molecule has 1 aromatic rings. The van der Waals surface area contributed by atoms with Gasteiger partial charge in [0.05, 0.1) is 5.71 Å². The van der Waals surface area contributed by atoms with Crippen LogP contribution >= 0.6 is 0 Å². The Morgan fingerprint density at radius 2 is 1.95 bits per heavy atom. The van der Waals surface area contributed by atoms with Gasteiger partial charge in [0.2, 0.25) is 0 Å². The number of allylic oxidation sites excluding steroid dienone is 3. The highest BCUT2D eigenvalue weighted by Crippen LogP contribution is 2.29. The first kappa shape index (κ1) is 12.4. The summed E-state index contributed by atoms with van der Waals surface area (Å²) in [4.78, 5) is 4.78. The summed E-state index contributed by atoms with van der Waals surface area (Å²) in [7, 11) is 0. The Kier molecular flexibility index (Phi) is 3.63. The maximum Gasteiger partial charge on any atom is 0.0606 e. The van der Waals surface area contributed by atoms with Crippen molar-refractivity contribution < 1.29 is 0 Å². The lowest BCUT2D eigenvalue weighted by Crippen LogP contribution is -2.15. The molecule has 1 aromatic carbocycles. The fraction of sp³-hybridized carbons (Fsp3) is 0.389. The highest BCUT2D eigenvalue weighted by atomic mass is 14.8. The molecule has 19 heavy (non-hydrogen) atoms. The standard InChI is InChI=1S/C18H21N/c1-14-13-19-18(16-10-6-3-7-11-16)12-17(14)15-8-4-2-5-9-15/h2,4-5,8-10,12,14H,3,6-7,11,13H2,1H3. The predicted octanol–water partition coefficient (Wildman–Crippen LogP) is 4.66. The van der Waals surface area contributed by atoms with Crippen LogP contribution in [0.1, 0.15) is 38.2 Å². The monoisotopic (exact) mass is 251 g/mol. The second-order valence-electron chi connectivity index (χ2n) is 5.57. The van der Waals surface area contributed by atoms with E-state index < -0.39 is 0 Å². The van der Waals surface area contributed by atoms with Gasteiger partial charge >= 0.3 is 0 Å². The van der Waals surface area contributed by atoms with Gasteiger partial charge in [0, 0.05) is 12.5 Å². The summed E-state index contributed by atoms with van der Waals surface area (Å²) in [6.07, 6.45) is 9.78. The fourth-order valence-corrected chi connectivity index (χ4v) is 2.93. The highest BCUT2D eigenvalue weighted by Gasteiger charge is 2.18. The van der Waals surface area contributed by atoms with Gasteiger partial charge in [0.1, 0.15) is 0 Å². The zero-order chi connectivity index (χ0) is 13.1. The molecule has 3 rings (SSSR count). The van der Waals surface area contributed by atoms with Crippen LogP contribution in [0.15, 0.2) is 53.0 Å². The van der Waals surface area contributed by atoms with Crippen molar-refractivity contribution in [3.05, 3.63) is 53.6 Å². The molecule has 98 valence electrons. The molecule has 1 heteroatoms. The van der Waals surface area contributed by atoms with Crippen LogP contribution in [0, 0.1) is 5.92 Å². The van der Waals surface area contributed by atoms with Gasteiger partial charge in [-0.15, -0.1) is 0 Å². The third kappa shape index (κ3) is 2.70. The van der Waals surface area contributed by atoms with E-state index in [4.69, 9.17) is 4.99 Å². The lowest BCUT2D eigenvalue weighted by molar-refractivity contribution is 0.712. The summed E-state index contributed by atoms with van der Waals surface area (Å²) in [5.41, 5.74) is 5.49. The summed E-state index contributed by atoms with van der Waals surface area (Å²) in [5.74, 6) is 0.523. The molecule has 0 N–H and O–H groups in total. The van der Waals surface area contributed by atoms with E-state index in [1.165, 1.54) is 48.1 Å². The smallest absolute Gasteiger partial charge is 0.0606 e. The quantitative estimate of drug-likeness (QED) is 0.725. The molecule has 1 aliphatic heterocycles. The number of benzene rings is 1. The Morgan fingerprint density at radius 1 is 1.11 bits per heavy atom. The molecule has 0 bridgehead atoms. The molecular formula is C18H21N. The van der Waals surface area contributed by atoms with Crippen molar-refractivity contribution in [1.29, 1.82) is 0 Å². The van der Waals surface area contributed by atoms with Crippen molar-refractivity contribution in [3.8, 4) is 0 Å². The molecular weight excluding hydrogens is 230 g/mol.